The van der Waals surface area contributed by atoms with E-state index in [1.807, 2.05) is 18.2 Å². The molecule has 0 N–H and O–H groups in total. The highest BCUT2D eigenvalue weighted by Crippen LogP contribution is 2.39. The van der Waals surface area contributed by atoms with E-state index in [-0.39, 0.29) is 23.4 Å². The third kappa shape index (κ3) is 1.83. The van der Waals surface area contributed by atoms with Crippen molar-refractivity contribution in [3.63, 3.8) is 0 Å². The summed E-state index contributed by atoms with van der Waals surface area (Å²) in [5.41, 5.74) is 0.0882. The lowest BCUT2D eigenvalue weighted by Crippen LogP contribution is -2.14. The molecule has 0 saturated carbocycles. The number of hydrogen-bond acceptors (Lipinski definition) is 4. The minimum absolute atomic E-state index is 0.0197. The van der Waals surface area contributed by atoms with Gasteiger partial charge in [0, 0.05) is 4.90 Å². The van der Waals surface area contributed by atoms with Crippen LogP contribution in [-0.2, 0) is 14.3 Å². The molecule has 0 unspecified atom stereocenters. The number of carbonyl (C=O) groups is 1. The second-order valence-electron chi connectivity index (χ2n) is 4.01. The maximum atomic E-state index is 11.3. The number of rotatable bonds is 2. The number of fused-ring (bicyclic) bond motifs is 1. The van der Waals surface area contributed by atoms with Gasteiger partial charge in [-0.1, -0.05) is 30.0 Å². The van der Waals surface area contributed by atoms with E-state index >= 15 is 0 Å². The molecule has 0 amide bonds. The smallest absolute Gasteiger partial charge is 0.311 e. The van der Waals surface area contributed by atoms with Crippen LogP contribution >= 0.6 is 11.8 Å². The average molecular weight is 236 g/mol. The van der Waals surface area contributed by atoms with E-state index in [0.717, 1.165) is 6.42 Å². The lowest BCUT2D eigenvalue weighted by molar-refractivity contribution is -0.141. The summed E-state index contributed by atoms with van der Waals surface area (Å²) in [6.07, 6.45) is 0.747. The molecule has 0 aromatic heterocycles. The predicted molar refractivity (Wildman–Crippen MR) is 60.0 cm³/mol. The summed E-state index contributed by atoms with van der Waals surface area (Å²) in [5, 5.41) is 0. The van der Waals surface area contributed by atoms with Gasteiger partial charge < -0.3 is 9.47 Å². The molecule has 0 spiro atoms. The highest BCUT2D eigenvalue weighted by molar-refractivity contribution is 7.99. The summed E-state index contributed by atoms with van der Waals surface area (Å²) in [6.45, 7) is 0.426. The van der Waals surface area contributed by atoms with Gasteiger partial charge in [0.05, 0.1) is 5.92 Å². The summed E-state index contributed by atoms with van der Waals surface area (Å²) >= 11 is 1.68. The van der Waals surface area contributed by atoms with E-state index in [4.69, 9.17) is 9.47 Å². The number of benzene rings is 1. The number of hydrogen-bond donors (Lipinski definition) is 0. The fourth-order valence-corrected chi connectivity index (χ4v) is 3.23. The minimum atomic E-state index is -0.0961. The summed E-state index contributed by atoms with van der Waals surface area (Å²) in [6, 6.07) is 10.1. The molecule has 1 aromatic carbocycles. The maximum Gasteiger partial charge on any atom is 0.311 e. The number of cyclic esters (lactones) is 1. The van der Waals surface area contributed by atoms with Crippen molar-refractivity contribution < 1.29 is 14.3 Å². The Morgan fingerprint density at radius 3 is 2.81 bits per heavy atom. The van der Waals surface area contributed by atoms with Crippen LogP contribution in [0.25, 0.3) is 0 Å². The van der Waals surface area contributed by atoms with E-state index in [1.165, 1.54) is 4.90 Å². The molecular formula is C12H12O3S. The van der Waals surface area contributed by atoms with Crippen LogP contribution in [-0.4, -0.2) is 24.1 Å². The topological polar surface area (TPSA) is 35.5 Å². The summed E-state index contributed by atoms with van der Waals surface area (Å²) in [5.74, 6) is -0.137. The Morgan fingerprint density at radius 1 is 1.25 bits per heavy atom. The highest BCUT2D eigenvalue weighted by Gasteiger charge is 2.46. The molecule has 2 heterocycles. The molecule has 3 rings (SSSR count). The van der Waals surface area contributed by atoms with Crippen molar-refractivity contribution in [2.75, 3.05) is 6.61 Å². The zero-order valence-electron chi connectivity index (χ0n) is 8.67. The van der Waals surface area contributed by atoms with Gasteiger partial charge in [-0.2, -0.15) is 0 Å². The van der Waals surface area contributed by atoms with E-state index in [0.29, 0.717) is 6.61 Å². The Labute approximate surface area is 98.1 Å². The van der Waals surface area contributed by atoms with Crippen molar-refractivity contribution >= 4 is 17.7 Å². The first-order valence-corrected chi connectivity index (χ1v) is 6.25. The van der Waals surface area contributed by atoms with Crippen molar-refractivity contribution in [1.82, 2.24) is 0 Å². The monoisotopic (exact) mass is 236 g/mol. The molecule has 4 heteroatoms. The van der Waals surface area contributed by atoms with Crippen LogP contribution in [0, 0.1) is 5.92 Å². The van der Waals surface area contributed by atoms with Crippen molar-refractivity contribution in [2.24, 2.45) is 5.92 Å². The fourth-order valence-electron chi connectivity index (χ4n) is 2.11. The zero-order valence-corrected chi connectivity index (χ0v) is 9.48. The van der Waals surface area contributed by atoms with Crippen LogP contribution in [0.3, 0.4) is 0 Å². The average Bonchev–Trinajstić information content (AvgIpc) is 2.83. The molecule has 3 nitrogen and oxygen atoms in total. The van der Waals surface area contributed by atoms with Gasteiger partial charge in [-0.3, -0.25) is 4.79 Å². The van der Waals surface area contributed by atoms with Crippen LogP contribution in [0.2, 0.25) is 0 Å². The molecule has 2 aliphatic heterocycles. The van der Waals surface area contributed by atoms with Gasteiger partial charge in [0.2, 0.25) is 0 Å². The van der Waals surface area contributed by atoms with Gasteiger partial charge in [-0.15, -0.1) is 0 Å². The van der Waals surface area contributed by atoms with Crippen LogP contribution in [0.15, 0.2) is 35.2 Å². The van der Waals surface area contributed by atoms with Gasteiger partial charge >= 0.3 is 5.97 Å². The van der Waals surface area contributed by atoms with Gasteiger partial charge in [-0.05, 0) is 18.6 Å². The first-order valence-electron chi connectivity index (χ1n) is 5.37. The summed E-state index contributed by atoms with van der Waals surface area (Å²) < 4.78 is 10.7. The Kier molecular flexibility index (Phi) is 2.61. The lowest BCUT2D eigenvalue weighted by Gasteiger charge is -2.11. The van der Waals surface area contributed by atoms with Crippen LogP contribution in [0.4, 0.5) is 0 Å². The molecule has 84 valence electrons. The van der Waals surface area contributed by atoms with Crippen LogP contribution in [0.1, 0.15) is 6.42 Å². The van der Waals surface area contributed by atoms with E-state index in [1.54, 1.807) is 11.8 Å². The quantitative estimate of drug-likeness (QED) is 0.736. The first kappa shape index (κ1) is 10.2. The lowest BCUT2D eigenvalue weighted by atomic mass is 10.1. The standard InChI is InChI=1S/C12H12O3S/c13-12-9-6-11(15-10(9)7-14-12)16-8-4-2-1-3-5-8/h1-5,9-11H,6-7H2/t9-,10-,11+/m1/s1. The van der Waals surface area contributed by atoms with Crippen molar-refractivity contribution in [2.45, 2.75) is 22.9 Å². The number of esters is 1. The number of thioether (sulfide) groups is 1. The molecule has 2 fully saturated rings. The molecule has 0 radical (unpaired) electrons. The summed E-state index contributed by atoms with van der Waals surface area (Å²) in [4.78, 5) is 12.5. The van der Waals surface area contributed by atoms with Crippen LogP contribution < -0.4 is 0 Å². The van der Waals surface area contributed by atoms with Gasteiger partial charge in [0.1, 0.15) is 18.1 Å². The Bertz CT molecular complexity index is 393. The predicted octanol–water partition coefficient (Wildman–Crippen LogP) is 2.07. The molecule has 0 aliphatic carbocycles. The van der Waals surface area contributed by atoms with Crippen molar-refractivity contribution in [1.29, 1.82) is 0 Å². The molecule has 0 bridgehead atoms. The maximum absolute atomic E-state index is 11.3. The SMILES string of the molecule is O=C1OC[C@H]2O[C@@H](Sc3ccccc3)C[C@@H]12. The fraction of sp³-hybridized carbons (Fsp3) is 0.417. The van der Waals surface area contributed by atoms with Gasteiger partial charge in [0.15, 0.2) is 0 Å². The summed E-state index contributed by atoms with van der Waals surface area (Å²) in [7, 11) is 0. The molecular weight excluding hydrogens is 224 g/mol. The first-order chi connectivity index (χ1) is 7.83. The number of ether oxygens (including phenoxy) is 2. The molecule has 2 aliphatic rings. The Hall–Kier alpha value is -1.00. The molecule has 16 heavy (non-hydrogen) atoms. The van der Waals surface area contributed by atoms with E-state index in [9.17, 15) is 4.79 Å². The van der Waals surface area contributed by atoms with Gasteiger partial charge in [0.25, 0.3) is 0 Å². The normalized spacial score (nSPS) is 32.5. The minimum Gasteiger partial charge on any atom is -0.463 e. The molecule has 2 saturated heterocycles. The third-order valence-electron chi connectivity index (χ3n) is 2.93. The Morgan fingerprint density at radius 2 is 2.06 bits per heavy atom. The molecule has 3 atom stereocenters. The molecule has 1 aromatic rings. The zero-order chi connectivity index (χ0) is 11.0. The largest absolute Gasteiger partial charge is 0.463 e. The highest BCUT2D eigenvalue weighted by atomic mass is 32.2. The van der Waals surface area contributed by atoms with Crippen molar-refractivity contribution in [3.05, 3.63) is 30.3 Å². The van der Waals surface area contributed by atoms with Gasteiger partial charge in [-0.25, -0.2) is 0 Å². The number of carbonyl (C=O) groups excluding carboxylic acids is 1. The third-order valence-corrected chi connectivity index (χ3v) is 4.04. The Balaban J connectivity index is 1.65. The van der Waals surface area contributed by atoms with E-state index < -0.39 is 0 Å². The second-order valence-corrected chi connectivity index (χ2v) is 5.24. The van der Waals surface area contributed by atoms with Crippen LogP contribution in [0.5, 0.6) is 0 Å². The second kappa shape index (κ2) is 4.11. The van der Waals surface area contributed by atoms with Crippen molar-refractivity contribution in [3.8, 4) is 0 Å². The van der Waals surface area contributed by atoms with E-state index in [2.05, 4.69) is 12.1 Å².